The molecule has 4 aromatic carbocycles. The van der Waals surface area contributed by atoms with Crippen molar-refractivity contribution >= 4 is 47.8 Å². The summed E-state index contributed by atoms with van der Waals surface area (Å²) in [5.41, 5.74) is -9.88. The van der Waals surface area contributed by atoms with Crippen molar-refractivity contribution in [2.24, 2.45) is 0 Å². The van der Waals surface area contributed by atoms with E-state index in [0.717, 1.165) is 72.8 Å². The summed E-state index contributed by atoms with van der Waals surface area (Å²) >= 11 is 0. The number of benzene rings is 4. The quantitative estimate of drug-likeness (QED) is 0.0996. The number of carbonyl (C=O) groups is 8. The van der Waals surface area contributed by atoms with Gasteiger partial charge in [0.2, 0.25) is 0 Å². The molecule has 0 aliphatic heterocycles. The summed E-state index contributed by atoms with van der Waals surface area (Å²) in [6.07, 6.45) is 0. The van der Waals surface area contributed by atoms with Crippen molar-refractivity contribution in [1.82, 2.24) is 0 Å². The molecule has 16 heteroatoms. The highest BCUT2D eigenvalue weighted by atomic mass is 16.4. The molecule has 4 aromatic rings. The van der Waals surface area contributed by atoms with E-state index in [-0.39, 0.29) is 22.3 Å². The first-order valence-corrected chi connectivity index (χ1v) is 13.4. The SMILES string of the molecule is O=C(O)c1ccc(C(c2ccc(C(=O)O)c(C(=O)O)c2)(c2ccc(C(=O)O)c(C(=O)O)c2)c2ccc(C(=O)O)c(C(=O)O)c2)cc1C(=O)O. The molecule has 0 heterocycles. The molecule has 0 aliphatic rings. The molecule has 49 heavy (non-hydrogen) atoms. The first-order chi connectivity index (χ1) is 22.9. The minimum absolute atomic E-state index is 0.298. The van der Waals surface area contributed by atoms with Crippen LogP contribution in [0.15, 0.2) is 72.8 Å². The van der Waals surface area contributed by atoms with Gasteiger partial charge in [0.15, 0.2) is 0 Å². The summed E-state index contributed by atoms with van der Waals surface area (Å²) in [6.45, 7) is 0. The fraction of sp³-hybridized carbons (Fsp3) is 0.0303. The van der Waals surface area contributed by atoms with Gasteiger partial charge in [0.25, 0.3) is 0 Å². The zero-order valence-corrected chi connectivity index (χ0v) is 24.3. The van der Waals surface area contributed by atoms with Crippen LogP contribution in [0.25, 0.3) is 0 Å². The van der Waals surface area contributed by atoms with E-state index < -0.39 is 97.7 Å². The number of carboxylic acids is 8. The molecule has 0 unspecified atom stereocenters. The summed E-state index contributed by atoms with van der Waals surface area (Å²) in [5, 5.41) is 78.6. The van der Waals surface area contributed by atoms with Crippen molar-refractivity contribution in [3.8, 4) is 0 Å². The Hall–Kier alpha value is -7.36. The Kier molecular flexibility index (Phi) is 9.01. The lowest BCUT2D eigenvalue weighted by atomic mass is 9.63. The van der Waals surface area contributed by atoms with E-state index >= 15 is 0 Å². The maximum atomic E-state index is 12.3. The van der Waals surface area contributed by atoms with E-state index in [0.29, 0.717) is 0 Å². The van der Waals surface area contributed by atoms with Gasteiger partial charge in [-0.15, -0.1) is 0 Å². The smallest absolute Gasteiger partial charge is 0.336 e. The maximum absolute atomic E-state index is 12.3. The molecule has 0 atom stereocenters. The van der Waals surface area contributed by atoms with E-state index in [1.165, 1.54) is 0 Å². The van der Waals surface area contributed by atoms with Crippen LogP contribution in [0.2, 0.25) is 0 Å². The first-order valence-electron chi connectivity index (χ1n) is 13.4. The van der Waals surface area contributed by atoms with Crippen LogP contribution in [-0.2, 0) is 5.41 Å². The first kappa shape index (κ1) is 34.5. The molecule has 0 aliphatic carbocycles. The van der Waals surface area contributed by atoms with Gasteiger partial charge in [0.05, 0.1) is 49.9 Å². The van der Waals surface area contributed by atoms with Crippen LogP contribution in [0.4, 0.5) is 0 Å². The van der Waals surface area contributed by atoms with Crippen molar-refractivity contribution in [3.63, 3.8) is 0 Å². The molecule has 0 saturated heterocycles. The van der Waals surface area contributed by atoms with E-state index in [9.17, 15) is 79.2 Å². The van der Waals surface area contributed by atoms with E-state index in [4.69, 9.17) is 0 Å². The Labute approximate surface area is 272 Å². The average molecular weight is 673 g/mol. The highest BCUT2D eigenvalue weighted by Crippen LogP contribution is 2.47. The average Bonchev–Trinajstić information content (AvgIpc) is 3.04. The van der Waals surface area contributed by atoms with Gasteiger partial charge in [-0.1, -0.05) is 24.3 Å². The number of hydrogen-bond donors (Lipinski definition) is 8. The zero-order valence-electron chi connectivity index (χ0n) is 24.3. The second-order valence-corrected chi connectivity index (χ2v) is 10.2. The van der Waals surface area contributed by atoms with Crippen molar-refractivity contribution < 1.29 is 79.2 Å². The molecule has 0 amide bonds. The minimum atomic E-state index is -2.33. The van der Waals surface area contributed by atoms with Crippen LogP contribution in [0.5, 0.6) is 0 Å². The Morgan fingerprint density at radius 1 is 0.286 bits per heavy atom. The number of aromatic carboxylic acids is 8. The van der Waals surface area contributed by atoms with E-state index in [1.807, 2.05) is 0 Å². The predicted octanol–water partition coefficient (Wildman–Crippen LogP) is 3.65. The Morgan fingerprint density at radius 3 is 0.592 bits per heavy atom. The monoisotopic (exact) mass is 672 g/mol. The predicted molar refractivity (Wildman–Crippen MR) is 160 cm³/mol. The van der Waals surface area contributed by atoms with Gasteiger partial charge < -0.3 is 40.9 Å². The number of rotatable bonds is 12. The van der Waals surface area contributed by atoms with Gasteiger partial charge in [0.1, 0.15) is 0 Å². The summed E-state index contributed by atoms with van der Waals surface area (Å²) in [6, 6.07) is 10.8. The molecule has 0 fully saturated rings. The third-order valence-electron chi connectivity index (χ3n) is 7.65. The zero-order chi connectivity index (χ0) is 36.5. The highest BCUT2D eigenvalue weighted by molar-refractivity contribution is 6.05. The third-order valence-corrected chi connectivity index (χ3v) is 7.65. The van der Waals surface area contributed by atoms with E-state index in [2.05, 4.69) is 0 Å². The van der Waals surface area contributed by atoms with Gasteiger partial charge >= 0.3 is 47.8 Å². The highest BCUT2D eigenvalue weighted by Gasteiger charge is 2.42. The van der Waals surface area contributed by atoms with Crippen LogP contribution in [0.1, 0.15) is 105 Å². The Morgan fingerprint density at radius 2 is 0.449 bits per heavy atom. The van der Waals surface area contributed by atoms with Crippen molar-refractivity contribution in [2.45, 2.75) is 5.41 Å². The van der Waals surface area contributed by atoms with Gasteiger partial charge in [-0.2, -0.15) is 0 Å². The summed E-state index contributed by atoms with van der Waals surface area (Å²) in [7, 11) is 0. The fourth-order valence-electron chi connectivity index (χ4n) is 5.56. The summed E-state index contributed by atoms with van der Waals surface area (Å²) in [5.74, 6) is -13.9. The molecular formula is C33H20O16. The van der Waals surface area contributed by atoms with Crippen molar-refractivity contribution in [1.29, 1.82) is 0 Å². The van der Waals surface area contributed by atoms with E-state index in [1.54, 1.807) is 0 Å². The maximum Gasteiger partial charge on any atom is 0.336 e. The van der Waals surface area contributed by atoms with Crippen LogP contribution >= 0.6 is 0 Å². The van der Waals surface area contributed by atoms with Crippen LogP contribution in [0, 0.1) is 0 Å². The molecule has 16 nitrogen and oxygen atoms in total. The third kappa shape index (κ3) is 5.99. The van der Waals surface area contributed by atoms with Crippen molar-refractivity contribution in [3.05, 3.63) is 140 Å². The topological polar surface area (TPSA) is 298 Å². The minimum Gasteiger partial charge on any atom is -0.478 e. The molecule has 4 rings (SSSR count). The standard InChI is InChI=1S/C33H20O16/c34-25(35)17-5-1-13(9-21(17)29(42)43)33(14-2-6-18(26(36)37)22(10-14)30(44)45,15-3-7-19(27(38)39)23(11-15)31(46)47)16-4-8-20(28(40)41)24(12-16)32(48)49/h1-12H,(H,34,35)(H,36,37)(H,38,39)(H,40,41)(H,42,43)(H,44,45)(H,46,47)(H,48,49). The van der Waals surface area contributed by atoms with Crippen molar-refractivity contribution in [2.75, 3.05) is 0 Å². The number of hydrogen-bond acceptors (Lipinski definition) is 8. The van der Waals surface area contributed by atoms with Crippen LogP contribution in [0.3, 0.4) is 0 Å². The van der Waals surface area contributed by atoms with Gasteiger partial charge in [-0.3, -0.25) is 0 Å². The van der Waals surface area contributed by atoms with Gasteiger partial charge in [-0.05, 0) is 70.8 Å². The molecule has 248 valence electrons. The summed E-state index contributed by atoms with van der Waals surface area (Å²) < 4.78 is 0. The normalized spacial score (nSPS) is 10.9. The molecule has 0 radical (unpaired) electrons. The fourth-order valence-corrected chi connectivity index (χ4v) is 5.56. The van der Waals surface area contributed by atoms with Crippen LogP contribution < -0.4 is 0 Å². The summed E-state index contributed by atoms with van der Waals surface area (Å²) in [4.78, 5) is 97.0. The Balaban J connectivity index is 2.40. The molecule has 0 aromatic heterocycles. The Bertz CT molecular complexity index is 1850. The lowest BCUT2D eigenvalue weighted by molar-refractivity contribution is 0.0650. The second-order valence-electron chi connectivity index (χ2n) is 10.2. The molecule has 0 bridgehead atoms. The molecule has 0 spiro atoms. The molecule has 0 saturated carbocycles. The second kappa shape index (κ2) is 12.8. The molecule has 8 N–H and O–H groups in total. The van der Waals surface area contributed by atoms with Gasteiger partial charge in [0, 0.05) is 0 Å². The largest absolute Gasteiger partial charge is 0.478 e. The molecular weight excluding hydrogens is 652 g/mol. The lowest BCUT2D eigenvalue weighted by Gasteiger charge is -2.38. The van der Waals surface area contributed by atoms with Gasteiger partial charge in [-0.25, -0.2) is 38.4 Å². The lowest BCUT2D eigenvalue weighted by Crippen LogP contribution is -2.33. The number of carboxylic acid groups (broad SMARTS) is 8. The van der Waals surface area contributed by atoms with Crippen LogP contribution in [-0.4, -0.2) is 88.6 Å².